The molecule has 0 aliphatic carbocycles. The van der Waals surface area contributed by atoms with Crippen LogP contribution in [-0.4, -0.2) is 51.8 Å². The van der Waals surface area contributed by atoms with Gasteiger partial charge in [0.2, 0.25) is 11.8 Å². The van der Waals surface area contributed by atoms with Crippen LogP contribution < -0.4 is 20.3 Å². The molecule has 5 heterocycles. The summed E-state index contributed by atoms with van der Waals surface area (Å²) < 4.78 is 5.84. The van der Waals surface area contributed by atoms with Gasteiger partial charge in [0.15, 0.2) is 0 Å². The first-order chi connectivity index (χ1) is 18.9. The van der Waals surface area contributed by atoms with E-state index in [1.807, 2.05) is 31.2 Å². The van der Waals surface area contributed by atoms with Crippen LogP contribution in [-0.2, 0) is 4.79 Å². The standard InChI is InChI=1S/C28H24N6O4S/c1-3-22(35)33-13-10-17(15-33)31-26(36)25-24-23-20(9-12-30-27(23)39-25)34(28(37)32-24)19-8-7-18(14-16(19)2)38-21-6-4-5-11-29-21/h3-9,11-12,14,17H,1,10,13,15H2,2H3,(H,31,36)(H,32,37). The van der Waals surface area contributed by atoms with Crippen LogP contribution in [0.3, 0.4) is 0 Å². The van der Waals surface area contributed by atoms with E-state index >= 15 is 0 Å². The number of ether oxygens (including phenoxy) is 1. The molecule has 1 unspecified atom stereocenters. The molecule has 0 bridgehead atoms. The molecule has 4 aromatic rings. The maximum Gasteiger partial charge on any atom is 0.331 e. The highest BCUT2D eigenvalue weighted by Gasteiger charge is 2.34. The number of nitrogens with zero attached hydrogens (tertiary/aromatic N) is 4. The maximum absolute atomic E-state index is 13.5. The zero-order valence-electron chi connectivity index (χ0n) is 21.0. The van der Waals surface area contributed by atoms with Gasteiger partial charge in [0, 0.05) is 37.6 Å². The number of carbonyl (C=O) groups is 3. The zero-order chi connectivity index (χ0) is 27.1. The lowest BCUT2D eigenvalue weighted by molar-refractivity contribution is -0.125. The summed E-state index contributed by atoms with van der Waals surface area (Å²) in [6.07, 6.45) is 5.21. The molecule has 4 amide bonds. The van der Waals surface area contributed by atoms with Gasteiger partial charge in [-0.25, -0.2) is 14.8 Å². The van der Waals surface area contributed by atoms with E-state index < -0.39 is 0 Å². The van der Waals surface area contributed by atoms with Gasteiger partial charge in [-0.3, -0.25) is 14.5 Å². The number of likely N-dealkylation sites (tertiary alicyclic amines) is 1. The minimum atomic E-state index is -0.382. The summed E-state index contributed by atoms with van der Waals surface area (Å²) in [4.78, 5) is 51.6. The molecule has 0 saturated carbocycles. The Hall–Kier alpha value is -4.77. The molecule has 1 aromatic carbocycles. The Balaban J connectivity index is 1.29. The topological polar surface area (TPSA) is 117 Å². The number of pyridine rings is 2. The summed E-state index contributed by atoms with van der Waals surface area (Å²) in [5, 5.41) is 6.63. The van der Waals surface area contributed by atoms with Gasteiger partial charge in [0.1, 0.15) is 15.5 Å². The summed E-state index contributed by atoms with van der Waals surface area (Å²) in [5.74, 6) is 0.611. The lowest BCUT2D eigenvalue weighted by atomic mass is 10.1. The number of aromatic nitrogens is 2. The van der Waals surface area contributed by atoms with Gasteiger partial charge in [-0.05, 0) is 55.3 Å². The first-order valence-corrected chi connectivity index (χ1v) is 13.2. The Morgan fingerprint density at radius 1 is 1.18 bits per heavy atom. The predicted octanol–water partition coefficient (Wildman–Crippen LogP) is 4.99. The van der Waals surface area contributed by atoms with E-state index in [1.165, 1.54) is 17.4 Å². The molecule has 39 heavy (non-hydrogen) atoms. The molecule has 2 aliphatic rings. The van der Waals surface area contributed by atoms with Crippen LogP contribution in [0, 0.1) is 6.92 Å². The van der Waals surface area contributed by atoms with Gasteiger partial charge in [0.25, 0.3) is 5.91 Å². The number of hydrogen-bond acceptors (Lipinski definition) is 7. The fourth-order valence-electron chi connectivity index (χ4n) is 4.91. The van der Waals surface area contributed by atoms with Crippen LogP contribution in [0.25, 0.3) is 10.2 Å². The SMILES string of the molecule is C=CC(=O)N1CCC(NC(=O)c2sc3nccc4c3c2NC(=O)N4c2ccc(Oc3ccccn3)cc2C)C1. The average Bonchev–Trinajstić information content (AvgIpc) is 3.55. The molecular weight excluding hydrogens is 516 g/mol. The van der Waals surface area contributed by atoms with Gasteiger partial charge in [-0.2, -0.15) is 0 Å². The monoisotopic (exact) mass is 540 g/mol. The average molecular weight is 541 g/mol. The Bertz CT molecular complexity index is 1640. The number of urea groups is 1. The normalized spacial score (nSPS) is 16.2. The first kappa shape index (κ1) is 24.6. The fraction of sp³-hybridized carbons (Fsp3) is 0.179. The van der Waals surface area contributed by atoms with E-state index in [2.05, 4.69) is 27.2 Å². The van der Waals surface area contributed by atoms with Crippen LogP contribution in [0.1, 0.15) is 21.7 Å². The van der Waals surface area contributed by atoms with E-state index in [-0.39, 0.29) is 23.9 Å². The van der Waals surface area contributed by atoms with Crippen LogP contribution in [0.5, 0.6) is 11.6 Å². The Morgan fingerprint density at radius 3 is 2.82 bits per heavy atom. The number of amides is 4. The number of anilines is 3. The number of hydrogen-bond donors (Lipinski definition) is 2. The molecule has 0 radical (unpaired) electrons. The molecule has 1 fully saturated rings. The maximum atomic E-state index is 13.5. The van der Waals surface area contributed by atoms with Crippen LogP contribution in [0.2, 0.25) is 0 Å². The second-order valence-electron chi connectivity index (χ2n) is 9.25. The number of aryl methyl sites for hydroxylation is 1. The second-order valence-corrected chi connectivity index (χ2v) is 10.2. The Labute approximate surface area is 227 Å². The molecule has 196 valence electrons. The molecule has 3 aromatic heterocycles. The number of rotatable bonds is 6. The van der Waals surface area contributed by atoms with Gasteiger partial charge in [0.05, 0.1) is 22.4 Å². The number of benzene rings is 1. The number of nitrogens with one attached hydrogen (secondary N) is 2. The molecule has 1 saturated heterocycles. The van der Waals surface area contributed by atoms with Gasteiger partial charge >= 0.3 is 6.03 Å². The van der Waals surface area contributed by atoms with Crippen molar-refractivity contribution in [2.75, 3.05) is 23.3 Å². The van der Waals surface area contributed by atoms with Crippen molar-refractivity contribution in [2.24, 2.45) is 0 Å². The van der Waals surface area contributed by atoms with Crippen molar-refractivity contribution in [1.29, 1.82) is 0 Å². The van der Waals surface area contributed by atoms with Crippen molar-refractivity contribution < 1.29 is 19.1 Å². The van der Waals surface area contributed by atoms with Crippen molar-refractivity contribution >= 4 is 56.5 Å². The van der Waals surface area contributed by atoms with E-state index in [0.717, 1.165) is 5.56 Å². The molecule has 2 N–H and O–H groups in total. The van der Waals surface area contributed by atoms with Crippen LogP contribution >= 0.6 is 11.3 Å². The first-order valence-electron chi connectivity index (χ1n) is 12.4. The highest BCUT2D eigenvalue weighted by atomic mass is 32.1. The third kappa shape index (κ3) is 4.46. The van der Waals surface area contributed by atoms with Crippen molar-refractivity contribution in [3.05, 3.63) is 78.0 Å². The largest absolute Gasteiger partial charge is 0.439 e. The van der Waals surface area contributed by atoms with Crippen LogP contribution in [0.4, 0.5) is 21.9 Å². The third-order valence-corrected chi connectivity index (χ3v) is 7.83. The summed E-state index contributed by atoms with van der Waals surface area (Å²) in [7, 11) is 0. The number of thiophene rings is 1. The van der Waals surface area contributed by atoms with Gasteiger partial charge in [-0.15, -0.1) is 11.3 Å². The summed E-state index contributed by atoms with van der Waals surface area (Å²) in [6.45, 7) is 6.39. The van der Waals surface area contributed by atoms with Crippen molar-refractivity contribution in [3.63, 3.8) is 0 Å². The molecule has 10 nitrogen and oxygen atoms in total. The minimum Gasteiger partial charge on any atom is -0.439 e. The lowest BCUT2D eigenvalue weighted by Crippen LogP contribution is -2.39. The predicted molar refractivity (Wildman–Crippen MR) is 149 cm³/mol. The minimum absolute atomic E-state index is 0.156. The van der Waals surface area contributed by atoms with Crippen molar-refractivity contribution in [1.82, 2.24) is 20.2 Å². The van der Waals surface area contributed by atoms with Crippen molar-refractivity contribution in [3.8, 4) is 11.6 Å². The molecular formula is C28H24N6O4S. The van der Waals surface area contributed by atoms with E-state index in [9.17, 15) is 14.4 Å². The van der Waals surface area contributed by atoms with Gasteiger partial charge < -0.3 is 20.3 Å². The van der Waals surface area contributed by atoms with E-state index in [0.29, 0.717) is 63.3 Å². The fourth-order valence-corrected chi connectivity index (χ4v) is 5.93. The second kappa shape index (κ2) is 9.84. The van der Waals surface area contributed by atoms with Crippen molar-refractivity contribution in [2.45, 2.75) is 19.4 Å². The molecule has 0 spiro atoms. The third-order valence-electron chi connectivity index (χ3n) is 6.73. The van der Waals surface area contributed by atoms with Gasteiger partial charge in [-0.1, -0.05) is 12.6 Å². The Morgan fingerprint density at radius 2 is 2.05 bits per heavy atom. The highest BCUT2D eigenvalue weighted by molar-refractivity contribution is 7.21. The number of carbonyl (C=O) groups excluding carboxylic acids is 3. The molecule has 6 rings (SSSR count). The highest BCUT2D eigenvalue weighted by Crippen LogP contribution is 2.46. The summed E-state index contributed by atoms with van der Waals surface area (Å²) in [5.41, 5.74) is 2.58. The molecule has 11 heteroatoms. The lowest BCUT2D eigenvalue weighted by Gasteiger charge is -2.29. The van der Waals surface area contributed by atoms with Crippen LogP contribution in [0.15, 0.2) is 67.5 Å². The summed E-state index contributed by atoms with van der Waals surface area (Å²) >= 11 is 1.22. The smallest absolute Gasteiger partial charge is 0.331 e. The zero-order valence-corrected chi connectivity index (χ0v) is 21.8. The molecule has 1 atom stereocenters. The van der Waals surface area contributed by atoms with E-state index in [4.69, 9.17) is 4.74 Å². The Kier molecular flexibility index (Phi) is 6.20. The van der Waals surface area contributed by atoms with E-state index in [1.54, 1.807) is 40.4 Å². The molecule has 2 aliphatic heterocycles. The summed E-state index contributed by atoms with van der Waals surface area (Å²) in [6, 6.07) is 12.1. The quantitative estimate of drug-likeness (QED) is 0.333.